The fraction of sp³-hybridized carbons (Fsp3) is 0.421. The topological polar surface area (TPSA) is 85.6 Å². The normalized spacial score (nSPS) is 23.8. The van der Waals surface area contributed by atoms with Crippen LogP contribution in [0.1, 0.15) is 31.7 Å². The molecule has 27 heavy (non-hydrogen) atoms. The van der Waals surface area contributed by atoms with E-state index in [2.05, 4.69) is 25.8 Å². The van der Waals surface area contributed by atoms with Gasteiger partial charge in [-0.2, -0.15) is 0 Å². The van der Waals surface area contributed by atoms with Crippen molar-refractivity contribution in [1.82, 2.24) is 25.2 Å². The highest BCUT2D eigenvalue weighted by atomic mass is 32.2. The van der Waals surface area contributed by atoms with Gasteiger partial charge in [0.2, 0.25) is 11.1 Å². The standard InChI is InChI=1S/C19H20N6OS/c26-18(21-16-7-8-20-15-4-2-1-3-14(15)16)11-27-19-22-23-24-25(19)17-10-12-5-6-13(17)9-12/h1-4,7-8,12-13,17H,5-6,9-11H2,(H,20,21,26)/t12-,13-,17-/m0/s1. The Hall–Kier alpha value is -2.48. The molecule has 0 radical (unpaired) electrons. The average Bonchev–Trinajstić information content (AvgIpc) is 3.43. The third-order valence-corrected chi connectivity index (χ3v) is 6.67. The number of hydrogen-bond donors (Lipinski definition) is 1. The predicted octanol–water partition coefficient (Wildman–Crippen LogP) is 3.31. The molecule has 8 heteroatoms. The lowest BCUT2D eigenvalue weighted by Gasteiger charge is -2.22. The van der Waals surface area contributed by atoms with E-state index in [-0.39, 0.29) is 11.7 Å². The summed E-state index contributed by atoms with van der Waals surface area (Å²) in [5.41, 5.74) is 1.64. The number of para-hydroxylation sites is 1. The van der Waals surface area contributed by atoms with Crippen LogP contribution in [-0.2, 0) is 4.79 Å². The van der Waals surface area contributed by atoms with Gasteiger partial charge in [0.25, 0.3) is 0 Å². The van der Waals surface area contributed by atoms with Crippen molar-refractivity contribution in [3.8, 4) is 0 Å². The minimum atomic E-state index is -0.0705. The van der Waals surface area contributed by atoms with Crippen molar-refractivity contribution >= 4 is 34.3 Å². The third kappa shape index (κ3) is 3.18. The van der Waals surface area contributed by atoms with Gasteiger partial charge in [0.1, 0.15) is 0 Å². The first-order chi connectivity index (χ1) is 13.3. The first-order valence-electron chi connectivity index (χ1n) is 9.32. The second-order valence-corrected chi connectivity index (χ2v) is 8.30. The fourth-order valence-corrected chi connectivity index (χ4v) is 5.25. The number of aromatic nitrogens is 5. The van der Waals surface area contributed by atoms with Crippen molar-refractivity contribution in [1.29, 1.82) is 0 Å². The van der Waals surface area contributed by atoms with Crippen LogP contribution in [0.15, 0.2) is 41.7 Å². The fourth-order valence-electron chi connectivity index (χ4n) is 4.52. The van der Waals surface area contributed by atoms with Crippen LogP contribution in [0.3, 0.4) is 0 Å². The highest BCUT2D eigenvalue weighted by Crippen LogP contribution is 2.50. The molecule has 0 aliphatic heterocycles. The minimum absolute atomic E-state index is 0.0705. The quantitative estimate of drug-likeness (QED) is 0.684. The molecule has 0 saturated heterocycles. The molecule has 2 fully saturated rings. The second kappa shape index (κ2) is 6.92. The van der Waals surface area contributed by atoms with Crippen LogP contribution in [-0.4, -0.2) is 36.9 Å². The van der Waals surface area contributed by atoms with Gasteiger partial charge >= 0.3 is 0 Å². The van der Waals surface area contributed by atoms with Crippen LogP contribution in [0.4, 0.5) is 5.69 Å². The van der Waals surface area contributed by atoms with Gasteiger partial charge in [-0.05, 0) is 53.7 Å². The lowest BCUT2D eigenvalue weighted by Crippen LogP contribution is -2.19. The van der Waals surface area contributed by atoms with E-state index in [0.29, 0.717) is 12.0 Å². The molecule has 2 saturated carbocycles. The van der Waals surface area contributed by atoms with E-state index in [4.69, 9.17) is 0 Å². The van der Waals surface area contributed by atoms with Crippen molar-refractivity contribution in [2.24, 2.45) is 11.8 Å². The number of nitrogens with one attached hydrogen (secondary N) is 1. The van der Waals surface area contributed by atoms with Crippen molar-refractivity contribution < 1.29 is 4.79 Å². The summed E-state index contributed by atoms with van der Waals surface area (Å²) >= 11 is 1.40. The molecule has 2 aliphatic carbocycles. The Balaban J connectivity index is 1.26. The zero-order valence-electron chi connectivity index (χ0n) is 14.8. The van der Waals surface area contributed by atoms with Gasteiger partial charge in [0.05, 0.1) is 23.0 Å². The number of benzene rings is 1. The van der Waals surface area contributed by atoms with E-state index >= 15 is 0 Å². The van der Waals surface area contributed by atoms with E-state index in [1.807, 2.05) is 35.0 Å². The van der Waals surface area contributed by atoms with Gasteiger partial charge < -0.3 is 5.32 Å². The number of fused-ring (bicyclic) bond motifs is 3. The molecule has 0 unspecified atom stereocenters. The molecule has 1 N–H and O–H groups in total. The Kier molecular flexibility index (Phi) is 4.27. The van der Waals surface area contributed by atoms with Gasteiger partial charge in [-0.25, -0.2) is 4.68 Å². The number of rotatable bonds is 5. The smallest absolute Gasteiger partial charge is 0.234 e. The maximum Gasteiger partial charge on any atom is 0.234 e. The van der Waals surface area contributed by atoms with E-state index < -0.39 is 0 Å². The average molecular weight is 380 g/mol. The van der Waals surface area contributed by atoms with Crippen LogP contribution in [0.25, 0.3) is 10.9 Å². The monoisotopic (exact) mass is 380 g/mol. The van der Waals surface area contributed by atoms with Crippen molar-refractivity contribution in [2.75, 3.05) is 11.1 Å². The van der Waals surface area contributed by atoms with Gasteiger partial charge in [-0.15, -0.1) is 5.10 Å². The van der Waals surface area contributed by atoms with E-state index in [1.165, 1.54) is 37.4 Å². The van der Waals surface area contributed by atoms with Crippen molar-refractivity contribution in [2.45, 2.75) is 36.9 Å². The van der Waals surface area contributed by atoms with Crippen molar-refractivity contribution in [3.05, 3.63) is 36.5 Å². The largest absolute Gasteiger partial charge is 0.325 e. The lowest BCUT2D eigenvalue weighted by atomic mass is 9.96. The number of tetrazole rings is 1. The molecule has 138 valence electrons. The number of thioether (sulfide) groups is 1. The zero-order chi connectivity index (χ0) is 18.2. The second-order valence-electron chi connectivity index (χ2n) is 7.36. The molecule has 2 aromatic heterocycles. The first kappa shape index (κ1) is 16.7. The summed E-state index contributed by atoms with van der Waals surface area (Å²) < 4.78 is 1.95. The summed E-state index contributed by atoms with van der Waals surface area (Å²) in [5.74, 6) is 1.72. The number of anilines is 1. The van der Waals surface area contributed by atoms with Crippen LogP contribution in [0, 0.1) is 11.8 Å². The minimum Gasteiger partial charge on any atom is -0.325 e. The molecule has 2 aliphatic rings. The van der Waals surface area contributed by atoms with Gasteiger partial charge in [0.15, 0.2) is 0 Å². The lowest BCUT2D eigenvalue weighted by molar-refractivity contribution is -0.113. The summed E-state index contributed by atoms with van der Waals surface area (Å²) in [5, 5.41) is 16.9. The summed E-state index contributed by atoms with van der Waals surface area (Å²) in [6.07, 6.45) is 6.78. The van der Waals surface area contributed by atoms with E-state index in [0.717, 1.165) is 27.7 Å². The highest BCUT2D eigenvalue weighted by Gasteiger charge is 2.42. The number of nitrogens with zero attached hydrogens (tertiary/aromatic N) is 5. The molecule has 0 spiro atoms. The number of amides is 1. The Morgan fingerprint density at radius 2 is 2.15 bits per heavy atom. The molecule has 1 amide bonds. The molecular formula is C19H20N6OS. The molecule has 3 aromatic rings. The molecule has 2 heterocycles. The Morgan fingerprint density at radius 3 is 3.00 bits per heavy atom. The molecule has 7 nitrogen and oxygen atoms in total. The van der Waals surface area contributed by atoms with E-state index in [9.17, 15) is 4.79 Å². The Labute approximate surface area is 160 Å². The van der Waals surface area contributed by atoms with Crippen LogP contribution >= 0.6 is 11.8 Å². The van der Waals surface area contributed by atoms with Gasteiger partial charge in [-0.3, -0.25) is 9.78 Å². The third-order valence-electron chi connectivity index (χ3n) is 5.73. The summed E-state index contributed by atoms with van der Waals surface area (Å²) in [6.45, 7) is 0. The molecule has 1 aromatic carbocycles. The maximum absolute atomic E-state index is 12.5. The molecular weight excluding hydrogens is 360 g/mol. The van der Waals surface area contributed by atoms with Gasteiger partial charge in [-0.1, -0.05) is 36.4 Å². The highest BCUT2D eigenvalue weighted by molar-refractivity contribution is 7.99. The predicted molar refractivity (Wildman–Crippen MR) is 103 cm³/mol. The molecule has 3 atom stereocenters. The zero-order valence-corrected chi connectivity index (χ0v) is 15.6. The Bertz CT molecular complexity index is 984. The van der Waals surface area contributed by atoms with Crippen LogP contribution < -0.4 is 5.32 Å². The summed E-state index contributed by atoms with van der Waals surface area (Å²) in [4.78, 5) is 16.8. The number of carbonyl (C=O) groups excluding carboxylic acids is 1. The number of hydrogen-bond acceptors (Lipinski definition) is 6. The van der Waals surface area contributed by atoms with Crippen LogP contribution in [0.2, 0.25) is 0 Å². The SMILES string of the molecule is O=C(CSc1nnnn1[C@H]1C[C@H]2CC[C@H]1C2)Nc1ccnc2ccccc12. The Morgan fingerprint density at radius 1 is 1.22 bits per heavy atom. The number of carbonyl (C=O) groups is 1. The maximum atomic E-state index is 12.5. The number of pyridine rings is 1. The first-order valence-corrected chi connectivity index (χ1v) is 10.3. The van der Waals surface area contributed by atoms with Crippen molar-refractivity contribution in [3.63, 3.8) is 0 Å². The van der Waals surface area contributed by atoms with Gasteiger partial charge in [0, 0.05) is 11.6 Å². The van der Waals surface area contributed by atoms with Crippen LogP contribution in [0.5, 0.6) is 0 Å². The van der Waals surface area contributed by atoms with E-state index in [1.54, 1.807) is 6.20 Å². The molecule has 2 bridgehead atoms. The summed E-state index contributed by atoms with van der Waals surface area (Å²) in [7, 11) is 0. The molecule has 5 rings (SSSR count). The summed E-state index contributed by atoms with van der Waals surface area (Å²) in [6, 6.07) is 9.99.